The van der Waals surface area contributed by atoms with E-state index in [4.69, 9.17) is 20.4 Å². The number of benzene rings is 2. The molecule has 1 amide bonds. The van der Waals surface area contributed by atoms with Gasteiger partial charge in [0.1, 0.15) is 16.8 Å². The molecular weight excluding hydrogens is 349 g/mol. The molecule has 124 valence electrons. The van der Waals surface area contributed by atoms with Crippen LogP contribution in [0.15, 0.2) is 62.2 Å². The van der Waals surface area contributed by atoms with Crippen molar-refractivity contribution in [1.82, 2.24) is 0 Å². The molecule has 7 heteroatoms. The molecule has 0 saturated carbocycles. The molecule has 4 aromatic rings. The summed E-state index contributed by atoms with van der Waals surface area (Å²) in [5.41, 5.74) is 0.373. The molecule has 1 N–H and O–H groups in total. The first-order valence-corrected chi connectivity index (χ1v) is 7.62. The Balaban J connectivity index is 1.74. The SMILES string of the molecule is O=C(Nc1ccc(F)c(Cl)c1)c1cc2c(=O)c3ccccc3oc2o1. The smallest absolute Gasteiger partial charge is 0.302 e. The van der Waals surface area contributed by atoms with Crippen LogP contribution in [0.4, 0.5) is 10.1 Å². The van der Waals surface area contributed by atoms with Crippen LogP contribution in [0.1, 0.15) is 10.6 Å². The zero-order valence-electron chi connectivity index (χ0n) is 12.5. The van der Waals surface area contributed by atoms with E-state index in [1.165, 1.54) is 18.2 Å². The molecule has 0 aliphatic rings. The van der Waals surface area contributed by atoms with Gasteiger partial charge in [0.25, 0.3) is 5.91 Å². The van der Waals surface area contributed by atoms with Gasteiger partial charge in [0, 0.05) is 11.8 Å². The molecule has 0 unspecified atom stereocenters. The van der Waals surface area contributed by atoms with Crippen molar-refractivity contribution < 1.29 is 18.0 Å². The monoisotopic (exact) mass is 357 g/mol. The molecule has 2 heterocycles. The van der Waals surface area contributed by atoms with E-state index >= 15 is 0 Å². The summed E-state index contributed by atoms with van der Waals surface area (Å²) in [5.74, 6) is -1.35. The summed E-state index contributed by atoms with van der Waals surface area (Å²) < 4.78 is 24.1. The average Bonchev–Trinajstić information content (AvgIpc) is 3.03. The van der Waals surface area contributed by atoms with Gasteiger partial charge in [0.2, 0.25) is 5.43 Å². The van der Waals surface area contributed by atoms with E-state index in [9.17, 15) is 14.0 Å². The van der Waals surface area contributed by atoms with E-state index in [-0.39, 0.29) is 27.4 Å². The molecule has 0 atom stereocenters. The molecule has 0 aliphatic carbocycles. The third-order valence-corrected chi connectivity index (χ3v) is 3.97. The first kappa shape index (κ1) is 15.4. The molecule has 25 heavy (non-hydrogen) atoms. The quantitative estimate of drug-likeness (QED) is 0.569. The second-order valence-corrected chi connectivity index (χ2v) is 5.73. The number of rotatable bonds is 2. The van der Waals surface area contributed by atoms with E-state index in [1.807, 2.05) is 0 Å². The van der Waals surface area contributed by atoms with Crippen LogP contribution in [-0.4, -0.2) is 5.91 Å². The van der Waals surface area contributed by atoms with Crippen LogP contribution in [-0.2, 0) is 0 Å². The van der Waals surface area contributed by atoms with Crippen molar-refractivity contribution >= 4 is 45.3 Å². The molecule has 0 radical (unpaired) electrons. The van der Waals surface area contributed by atoms with E-state index in [0.29, 0.717) is 16.7 Å². The van der Waals surface area contributed by atoms with Gasteiger partial charge >= 0.3 is 5.78 Å². The van der Waals surface area contributed by atoms with Gasteiger partial charge in [-0.1, -0.05) is 23.7 Å². The molecular formula is C18H9ClFNO4. The first-order valence-electron chi connectivity index (χ1n) is 7.25. The lowest BCUT2D eigenvalue weighted by molar-refractivity contribution is 0.0997. The van der Waals surface area contributed by atoms with E-state index in [1.54, 1.807) is 24.3 Å². The van der Waals surface area contributed by atoms with Crippen LogP contribution < -0.4 is 10.7 Å². The Labute approximate surface area is 144 Å². The second-order valence-electron chi connectivity index (χ2n) is 5.32. The largest absolute Gasteiger partial charge is 0.425 e. The maximum Gasteiger partial charge on any atom is 0.302 e. The van der Waals surface area contributed by atoms with Gasteiger partial charge < -0.3 is 14.2 Å². The second kappa shape index (κ2) is 5.75. The predicted octanol–water partition coefficient (Wildman–Crippen LogP) is 4.58. The molecule has 2 aromatic carbocycles. The van der Waals surface area contributed by atoms with Gasteiger partial charge in [-0.25, -0.2) is 4.39 Å². The Hall–Kier alpha value is -3.12. The fourth-order valence-electron chi connectivity index (χ4n) is 2.48. The standard InChI is InChI=1S/C18H9ClFNO4/c19-12-7-9(5-6-13(12)20)21-17(23)15-8-11-16(22)10-3-1-2-4-14(10)24-18(11)25-15/h1-8H,(H,21,23). The molecule has 4 rings (SSSR count). The Morgan fingerprint density at radius 2 is 1.84 bits per heavy atom. The number of halogens is 2. The number of carbonyl (C=O) groups is 1. The normalized spacial score (nSPS) is 11.1. The highest BCUT2D eigenvalue weighted by Gasteiger charge is 2.18. The number of furan rings is 1. The number of carbonyl (C=O) groups excluding carboxylic acids is 1. The summed E-state index contributed by atoms with van der Waals surface area (Å²) in [5, 5.41) is 2.96. The van der Waals surface area contributed by atoms with Gasteiger partial charge in [-0.15, -0.1) is 0 Å². The summed E-state index contributed by atoms with van der Waals surface area (Å²) >= 11 is 5.68. The van der Waals surface area contributed by atoms with Crippen molar-refractivity contribution in [3.63, 3.8) is 0 Å². The minimum Gasteiger partial charge on any atom is -0.425 e. The van der Waals surface area contributed by atoms with Crippen LogP contribution in [0.5, 0.6) is 0 Å². The van der Waals surface area contributed by atoms with Crippen LogP contribution in [0.3, 0.4) is 0 Å². The van der Waals surface area contributed by atoms with Gasteiger partial charge in [-0.05, 0) is 30.3 Å². The van der Waals surface area contributed by atoms with Gasteiger partial charge in [0.15, 0.2) is 5.76 Å². The lowest BCUT2D eigenvalue weighted by atomic mass is 10.2. The van der Waals surface area contributed by atoms with Crippen molar-refractivity contribution in [2.45, 2.75) is 0 Å². The van der Waals surface area contributed by atoms with Crippen LogP contribution in [0.25, 0.3) is 22.1 Å². The number of para-hydroxylation sites is 1. The van der Waals surface area contributed by atoms with E-state index < -0.39 is 11.7 Å². The van der Waals surface area contributed by atoms with Gasteiger partial charge in [0.05, 0.1) is 10.4 Å². The highest BCUT2D eigenvalue weighted by molar-refractivity contribution is 6.31. The van der Waals surface area contributed by atoms with Crippen molar-refractivity contribution in [3.8, 4) is 0 Å². The minimum atomic E-state index is -0.613. The summed E-state index contributed by atoms with van der Waals surface area (Å²) in [6.45, 7) is 0. The maximum absolute atomic E-state index is 13.2. The van der Waals surface area contributed by atoms with Crippen molar-refractivity contribution in [1.29, 1.82) is 0 Å². The average molecular weight is 358 g/mol. The maximum atomic E-state index is 13.2. The number of anilines is 1. The van der Waals surface area contributed by atoms with Crippen LogP contribution >= 0.6 is 11.6 Å². The third-order valence-electron chi connectivity index (χ3n) is 3.68. The summed E-state index contributed by atoms with van der Waals surface area (Å²) in [4.78, 5) is 24.8. The van der Waals surface area contributed by atoms with E-state index in [0.717, 1.165) is 6.07 Å². The topological polar surface area (TPSA) is 72.5 Å². The lowest BCUT2D eigenvalue weighted by Gasteiger charge is -2.03. The predicted molar refractivity (Wildman–Crippen MR) is 91.6 cm³/mol. The summed E-state index contributed by atoms with van der Waals surface area (Å²) in [7, 11) is 0. The Morgan fingerprint density at radius 1 is 1.04 bits per heavy atom. The summed E-state index contributed by atoms with van der Waals surface area (Å²) in [6, 6.07) is 11.8. The fraction of sp³-hybridized carbons (Fsp3) is 0. The number of hydrogen-bond acceptors (Lipinski definition) is 4. The molecule has 5 nitrogen and oxygen atoms in total. The Morgan fingerprint density at radius 3 is 2.64 bits per heavy atom. The highest BCUT2D eigenvalue weighted by atomic mass is 35.5. The summed E-state index contributed by atoms with van der Waals surface area (Å²) in [6.07, 6.45) is 0. The van der Waals surface area contributed by atoms with Crippen molar-refractivity contribution in [3.05, 3.63) is 75.4 Å². The third kappa shape index (κ3) is 2.66. The van der Waals surface area contributed by atoms with Crippen LogP contribution in [0.2, 0.25) is 5.02 Å². The molecule has 0 aliphatic heterocycles. The molecule has 0 bridgehead atoms. The number of hydrogen-bond donors (Lipinski definition) is 1. The van der Waals surface area contributed by atoms with Crippen molar-refractivity contribution in [2.24, 2.45) is 0 Å². The van der Waals surface area contributed by atoms with Gasteiger partial charge in [-0.2, -0.15) is 0 Å². The number of fused-ring (bicyclic) bond motifs is 2. The Bertz CT molecular complexity index is 1190. The van der Waals surface area contributed by atoms with Crippen molar-refractivity contribution in [2.75, 3.05) is 5.32 Å². The Kier molecular flexibility index (Phi) is 3.54. The minimum absolute atomic E-state index is 0.0361. The number of nitrogens with one attached hydrogen (secondary N) is 1. The van der Waals surface area contributed by atoms with Gasteiger partial charge in [-0.3, -0.25) is 9.59 Å². The highest BCUT2D eigenvalue weighted by Crippen LogP contribution is 2.23. The fourth-order valence-corrected chi connectivity index (χ4v) is 2.66. The zero-order chi connectivity index (χ0) is 17.6. The molecule has 0 fully saturated rings. The van der Waals surface area contributed by atoms with E-state index in [2.05, 4.69) is 5.32 Å². The number of amides is 1. The molecule has 0 saturated heterocycles. The zero-order valence-corrected chi connectivity index (χ0v) is 13.3. The first-order chi connectivity index (χ1) is 12.0. The lowest BCUT2D eigenvalue weighted by Crippen LogP contribution is -2.10. The van der Waals surface area contributed by atoms with Crippen LogP contribution in [0, 0.1) is 5.82 Å². The molecule has 0 spiro atoms. The molecule has 2 aromatic heterocycles.